The van der Waals surface area contributed by atoms with Crippen molar-refractivity contribution in [2.75, 3.05) is 7.11 Å². The second-order valence-corrected chi connectivity index (χ2v) is 6.21. The fraction of sp³-hybridized carbons (Fsp3) is 0.294. The quantitative estimate of drug-likeness (QED) is 0.782. The van der Waals surface area contributed by atoms with Gasteiger partial charge in [0.1, 0.15) is 22.2 Å². The molecule has 0 aliphatic carbocycles. The normalized spacial score (nSPS) is 11.3. The summed E-state index contributed by atoms with van der Waals surface area (Å²) in [4.78, 5) is 15.5. The minimum absolute atomic E-state index is 0.133. The molecule has 3 rings (SSSR count). The lowest BCUT2D eigenvalue weighted by Crippen LogP contribution is -2.04. The van der Waals surface area contributed by atoms with E-state index in [0.29, 0.717) is 39.0 Å². The minimum Gasteiger partial charge on any atom is -0.495 e. The first kappa shape index (κ1) is 15.6. The standard InChI is InChI=1S/C17H17ClN2O3/c1-9(2)6-10-7-13(20-23-10)12-8-14(21)11-4-5-15(22-3)16(18)17(11)19-12/h4-5,7-9H,6H2,1-3H3,(H,19,21). The smallest absolute Gasteiger partial charge is 0.190 e. The maximum atomic E-state index is 12.3. The first-order valence-electron chi connectivity index (χ1n) is 7.35. The second kappa shape index (κ2) is 6.08. The number of hydrogen-bond acceptors (Lipinski definition) is 4. The summed E-state index contributed by atoms with van der Waals surface area (Å²) >= 11 is 6.31. The molecule has 0 aliphatic rings. The van der Waals surface area contributed by atoms with Gasteiger partial charge >= 0.3 is 0 Å². The molecule has 2 heterocycles. The van der Waals surface area contributed by atoms with Crippen LogP contribution in [-0.2, 0) is 6.42 Å². The second-order valence-electron chi connectivity index (χ2n) is 5.83. The highest BCUT2D eigenvalue weighted by Crippen LogP contribution is 2.31. The van der Waals surface area contributed by atoms with Gasteiger partial charge in [0, 0.05) is 23.9 Å². The number of nitrogens with one attached hydrogen (secondary N) is 1. The lowest BCUT2D eigenvalue weighted by Gasteiger charge is -2.07. The maximum Gasteiger partial charge on any atom is 0.190 e. The van der Waals surface area contributed by atoms with E-state index in [9.17, 15) is 4.79 Å². The van der Waals surface area contributed by atoms with Crippen LogP contribution in [0, 0.1) is 5.92 Å². The average molecular weight is 333 g/mol. The summed E-state index contributed by atoms with van der Waals surface area (Å²) in [6.07, 6.45) is 0.791. The monoisotopic (exact) mass is 332 g/mol. The van der Waals surface area contributed by atoms with Crippen LogP contribution in [-0.4, -0.2) is 17.3 Å². The van der Waals surface area contributed by atoms with E-state index in [1.54, 1.807) is 12.1 Å². The predicted octanol–water partition coefficient (Wildman–Crippen LogP) is 4.04. The fourth-order valence-electron chi connectivity index (χ4n) is 2.50. The SMILES string of the molecule is COc1ccc2c(=O)cc(-c3cc(CC(C)C)on3)[nH]c2c1Cl. The van der Waals surface area contributed by atoms with Gasteiger partial charge < -0.3 is 14.2 Å². The fourth-order valence-corrected chi connectivity index (χ4v) is 2.79. The number of methoxy groups -OCH3 is 1. The molecule has 3 aromatic rings. The van der Waals surface area contributed by atoms with E-state index in [1.165, 1.54) is 13.2 Å². The van der Waals surface area contributed by atoms with Crippen molar-refractivity contribution < 1.29 is 9.26 Å². The molecule has 0 saturated heterocycles. The van der Waals surface area contributed by atoms with Crippen molar-refractivity contribution in [2.24, 2.45) is 5.92 Å². The van der Waals surface area contributed by atoms with Crippen LogP contribution < -0.4 is 10.2 Å². The van der Waals surface area contributed by atoms with E-state index < -0.39 is 0 Å². The number of nitrogens with zero attached hydrogens (tertiary/aromatic N) is 1. The molecule has 0 saturated carbocycles. The van der Waals surface area contributed by atoms with Crippen LogP contribution in [0.1, 0.15) is 19.6 Å². The molecule has 0 unspecified atom stereocenters. The third kappa shape index (κ3) is 2.97. The van der Waals surface area contributed by atoms with Crippen molar-refractivity contribution in [3.8, 4) is 17.1 Å². The highest BCUT2D eigenvalue weighted by atomic mass is 35.5. The third-order valence-electron chi connectivity index (χ3n) is 3.57. The van der Waals surface area contributed by atoms with Crippen molar-refractivity contribution in [3.05, 3.63) is 45.3 Å². The molecule has 0 spiro atoms. The Hall–Kier alpha value is -2.27. The molecule has 2 aromatic heterocycles. The summed E-state index contributed by atoms with van der Waals surface area (Å²) in [5.41, 5.74) is 1.54. The number of halogens is 1. The molecule has 0 radical (unpaired) electrons. The van der Waals surface area contributed by atoms with Gasteiger partial charge in [0.25, 0.3) is 0 Å². The zero-order chi connectivity index (χ0) is 16.6. The Morgan fingerprint density at radius 3 is 2.83 bits per heavy atom. The molecule has 1 aromatic carbocycles. The summed E-state index contributed by atoms with van der Waals surface area (Å²) in [5.74, 6) is 1.76. The van der Waals surface area contributed by atoms with E-state index in [1.807, 2.05) is 6.07 Å². The van der Waals surface area contributed by atoms with E-state index in [2.05, 4.69) is 24.0 Å². The van der Waals surface area contributed by atoms with Crippen LogP contribution in [0.2, 0.25) is 5.02 Å². The number of benzene rings is 1. The Morgan fingerprint density at radius 1 is 1.35 bits per heavy atom. The zero-order valence-corrected chi connectivity index (χ0v) is 13.9. The third-order valence-corrected chi connectivity index (χ3v) is 3.95. The Morgan fingerprint density at radius 2 is 2.13 bits per heavy atom. The van der Waals surface area contributed by atoms with Crippen LogP contribution in [0.25, 0.3) is 22.3 Å². The van der Waals surface area contributed by atoms with Crippen LogP contribution in [0.3, 0.4) is 0 Å². The summed E-state index contributed by atoms with van der Waals surface area (Å²) in [7, 11) is 1.53. The number of hydrogen-bond donors (Lipinski definition) is 1. The van der Waals surface area contributed by atoms with E-state index in [-0.39, 0.29) is 5.43 Å². The average Bonchev–Trinajstić information content (AvgIpc) is 2.96. The van der Waals surface area contributed by atoms with Gasteiger partial charge in [-0.15, -0.1) is 0 Å². The Balaban J connectivity index is 2.13. The molecule has 5 nitrogen and oxygen atoms in total. The summed E-state index contributed by atoms with van der Waals surface area (Å²) in [6.45, 7) is 4.21. The van der Waals surface area contributed by atoms with Crippen molar-refractivity contribution in [3.63, 3.8) is 0 Å². The Labute approximate surface area is 138 Å². The predicted molar refractivity (Wildman–Crippen MR) is 90.2 cm³/mol. The number of H-pyrrole nitrogens is 1. The zero-order valence-electron chi connectivity index (χ0n) is 13.1. The molecule has 6 heteroatoms. The summed E-state index contributed by atoms with van der Waals surface area (Å²) in [6, 6.07) is 6.71. The van der Waals surface area contributed by atoms with Crippen LogP contribution in [0.15, 0.2) is 33.6 Å². The molecule has 0 fully saturated rings. The van der Waals surface area contributed by atoms with Gasteiger partial charge in [-0.25, -0.2) is 0 Å². The Bertz CT molecular complexity index is 912. The van der Waals surface area contributed by atoms with Crippen LogP contribution in [0.5, 0.6) is 5.75 Å². The molecule has 120 valence electrons. The molecule has 23 heavy (non-hydrogen) atoms. The number of fused-ring (bicyclic) bond motifs is 1. The summed E-state index contributed by atoms with van der Waals surface area (Å²) in [5, 5.41) is 4.92. The van der Waals surface area contributed by atoms with Crippen molar-refractivity contribution in [1.29, 1.82) is 0 Å². The van der Waals surface area contributed by atoms with E-state index in [0.717, 1.165) is 12.2 Å². The van der Waals surface area contributed by atoms with Gasteiger partial charge in [0.15, 0.2) is 5.43 Å². The first-order valence-corrected chi connectivity index (χ1v) is 7.73. The van der Waals surface area contributed by atoms with E-state index in [4.69, 9.17) is 20.9 Å². The molecule has 0 atom stereocenters. The highest BCUT2D eigenvalue weighted by Gasteiger charge is 2.14. The number of aromatic amines is 1. The molecular formula is C17H17ClN2O3. The maximum absolute atomic E-state index is 12.3. The first-order chi connectivity index (χ1) is 11.0. The van der Waals surface area contributed by atoms with E-state index >= 15 is 0 Å². The van der Waals surface area contributed by atoms with Gasteiger partial charge in [0.2, 0.25) is 0 Å². The number of ether oxygens (including phenoxy) is 1. The number of aromatic nitrogens is 2. The van der Waals surface area contributed by atoms with Crippen molar-refractivity contribution >= 4 is 22.5 Å². The lowest BCUT2D eigenvalue weighted by atomic mass is 10.1. The topological polar surface area (TPSA) is 68.1 Å². The molecular weight excluding hydrogens is 316 g/mol. The summed E-state index contributed by atoms with van der Waals surface area (Å²) < 4.78 is 10.5. The van der Waals surface area contributed by atoms with Gasteiger partial charge in [0.05, 0.1) is 18.3 Å². The number of pyridine rings is 1. The lowest BCUT2D eigenvalue weighted by molar-refractivity contribution is 0.370. The van der Waals surface area contributed by atoms with Gasteiger partial charge in [-0.2, -0.15) is 0 Å². The van der Waals surface area contributed by atoms with Crippen molar-refractivity contribution in [1.82, 2.24) is 10.1 Å². The molecule has 0 amide bonds. The number of rotatable bonds is 4. The highest BCUT2D eigenvalue weighted by molar-refractivity contribution is 6.36. The van der Waals surface area contributed by atoms with Crippen LogP contribution >= 0.6 is 11.6 Å². The van der Waals surface area contributed by atoms with Crippen molar-refractivity contribution in [2.45, 2.75) is 20.3 Å². The van der Waals surface area contributed by atoms with Gasteiger partial charge in [-0.3, -0.25) is 4.79 Å². The Kier molecular flexibility index (Phi) is 4.13. The molecule has 1 N–H and O–H groups in total. The molecule has 0 bridgehead atoms. The molecule has 0 aliphatic heterocycles. The largest absolute Gasteiger partial charge is 0.495 e. The minimum atomic E-state index is -0.133. The van der Waals surface area contributed by atoms with Gasteiger partial charge in [-0.1, -0.05) is 30.6 Å². The van der Waals surface area contributed by atoms with Gasteiger partial charge in [-0.05, 0) is 18.1 Å². The van der Waals surface area contributed by atoms with Crippen LogP contribution in [0.4, 0.5) is 0 Å².